The zero-order valence-electron chi connectivity index (χ0n) is 14.9. The van der Waals surface area contributed by atoms with Crippen molar-refractivity contribution in [3.63, 3.8) is 0 Å². The minimum absolute atomic E-state index is 0.179. The van der Waals surface area contributed by atoms with E-state index in [0.717, 1.165) is 58.2 Å². The molecule has 0 spiro atoms. The standard InChI is InChI=1S/C17H30N4O2S/c1-3-18-16(19-13-17(24-2)6-10-23-11-7-17)20-8-9-21(14-4-5-14)15(22)12-20/h14H,3-13H2,1-2H3,(H,18,19). The Morgan fingerprint density at radius 3 is 2.71 bits per heavy atom. The van der Waals surface area contributed by atoms with Crippen molar-refractivity contribution in [3.05, 3.63) is 0 Å². The molecule has 0 aromatic carbocycles. The van der Waals surface area contributed by atoms with Gasteiger partial charge in [-0.1, -0.05) is 0 Å². The third kappa shape index (κ3) is 4.17. The van der Waals surface area contributed by atoms with Crippen LogP contribution in [-0.4, -0.2) is 84.6 Å². The van der Waals surface area contributed by atoms with E-state index in [1.165, 1.54) is 12.8 Å². The molecular weight excluding hydrogens is 324 g/mol. The third-order valence-corrected chi connectivity index (χ3v) is 6.64. The molecule has 0 bridgehead atoms. The van der Waals surface area contributed by atoms with E-state index in [1.807, 2.05) is 11.8 Å². The van der Waals surface area contributed by atoms with Crippen LogP contribution >= 0.6 is 11.8 Å². The van der Waals surface area contributed by atoms with Gasteiger partial charge in [0.15, 0.2) is 5.96 Å². The molecule has 136 valence electrons. The van der Waals surface area contributed by atoms with Gasteiger partial charge in [-0.05, 0) is 38.9 Å². The Morgan fingerprint density at radius 1 is 1.38 bits per heavy atom. The number of amides is 1. The first-order valence-corrected chi connectivity index (χ1v) is 10.4. The zero-order chi connectivity index (χ0) is 17.0. The van der Waals surface area contributed by atoms with Crippen LogP contribution in [0.3, 0.4) is 0 Å². The van der Waals surface area contributed by atoms with Gasteiger partial charge < -0.3 is 19.9 Å². The van der Waals surface area contributed by atoms with Gasteiger partial charge in [0, 0.05) is 43.6 Å². The highest BCUT2D eigenvalue weighted by atomic mass is 32.2. The van der Waals surface area contributed by atoms with Gasteiger partial charge in [-0.25, -0.2) is 0 Å². The first kappa shape index (κ1) is 17.9. The molecule has 2 heterocycles. The summed E-state index contributed by atoms with van der Waals surface area (Å²) in [5, 5.41) is 3.38. The van der Waals surface area contributed by atoms with Crippen LogP contribution < -0.4 is 5.32 Å². The monoisotopic (exact) mass is 354 g/mol. The highest BCUT2D eigenvalue weighted by Crippen LogP contribution is 2.34. The summed E-state index contributed by atoms with van der Waals surface area (Å²) in [7, 11) is 0. The van der Waals surface area contributed by atoms with Gasteiger partial charge in [-0.3, -0.25) is 9.79 Å². The lowest BCUT2D eigenvalue weighted by Crippen LogP contribution is -2.56. The first-order chi connectivity index (χ1) is 11.7. The molecule has 24 heavy (non-hydrogen) atoms. The van der Waals surface area contributed by atoms with Crippen LogP contribution in [0.1, 0.15) is 32.6 Å². The van der Waals surface area contributed by atoms with Gasteiger partial charge in [0.05, 0.1) is 13.1 Å². The molecule has 1 N–H and O–H groups in total. The number of piperazine rings is 1. The van der Waals surface area contributed by atoms with Crippen molar-refractivity contribution in [2.45, 2.75) is 43.4 Å². The number of hydrogen-bond donors (Lipinski definition) is 1. The quantitative estimate of drug-likeness (QED) is 0.593. The SMILES string of the molecule is CCNC(=NCC1(SC)CCOCC1)N1CCN(C2CC2)C(=O)C1. The third-order valence-electron chi connectivity index (χ3n) is 5.23. The zero-order valence-corrected chi connectivity index (χ0v) is 15.7. The predicted octanol–water partition coefficient (Wildman–Crippen LogP) is 1.17. The maximum atomic E-state index is 12.4. The van der Waals surface area contributed by atoms with Crippen molar-refractivity contribution in [2.24, 2.45) is 4.99 Å². The fraction of sp³-hybridized carbons (Fsp3) is 0.882. The van der Waals surface area contributed by atoms with E-state index in [4.69, 9.17) is 9.73 Å². The summed E-state index contributed by atoms with van der Waals surface area (Å²) in [5.41, 5.74) is 0. The molecule has 3 fully saturated rings. The highest BCUT2D eigenvalue weighted by Gasteiger charge is 2.37. The summed E-state index contributed by atoms with van der Waals surface area (Å²) in [6.07, 6.45) is 6.62. The molecule has 7 heteroatoms. The Balaban J connectivity index is 1.63. The van der Waals surface area contributed by atoms with Crippen molar-refractivity contribution >= 4 is 23.6 Å². The van der Waals surface area contributed by atoms with Gasteiger partial charge in [0.1, 0.15) is 0 Å². The van der Waals surface area contributed by atoms with Crippen molar-refractivity contribution in [3.8, 4) is 0 Å². The van der Waals surface area contributed by atoms with Crippen LogP contribution in [0.2, 0.25) is 0 Å². The number of hydrogen-bond acceptors (Lipinski definition) is 4. The van der Waals surface area contributed by atoms with Crippen LogP contribution in [0.25, 0.3) is 0 Å². The molecule has 3 aliphatic rings. The summed E-state index contributed by atoms with van der Waals surface area (Å²) >= 11 is 1.90. The lowest BCUT2D eigenvalue weighted by atomic mass is 9.99. The lowest BCUT2D eigenvalue weighted by Gasteiger charge is -2.37. The Labute approximate surface area is 149 Å². The van der Waals surface area contributed by atoms with Crippen LogP contribution in [0.4, 0.5) is 0 Å². The molecule has 6 nitrogen and oxygen atoms in total. The number of aliphatic imine (C=N–C) groups is 1. The van der Waals surface area contributed by atoms with Crippen molar-refractivity contribution in [2.75, 3.05) is 52.2 Å². The molecule has 3 rings (SSSR count). The van der Waals surface area contributed by atoms with Crippen LogP contribution in [-0.2, 0) is 9.53 Å². The number of rotatable bonds is 5. The van der Waals surface area contributed by atoms with Gasteiger partial charge in [0.25, 0.3) is 0 Å². The molecular formula is C17H30N4O2S. The minimum Gasteiger partial charge on any atom is -0.381 e. The molecule has 0 aromatic heterocycles. The van der Waals surface area contributed by atoms with Gasteiger partial charge in [0.2, 0.25) is 5.91 Å². The molecule has 0 radical (unpaired) electrons. The number of nitrogens with zero attached hydrogens (tertiary/aromatic N) is 3. The molecule has 0 atom stereocenters. The van der Waals surface area contributed by atoms with Gasteiger partial charge in [-0.15, -0.1) is 0 Å². The Kier molecular flexibility index (Phi) is 5.92. The second kappa shape index (κ2) is 7.95. The number of ether oxygens (including phenoxy) is 1. The predicted molar refractivity (Wildman–Crippen MR) is 98.6 cm³/mol. The van der Waals surface area contributed by atoms with E-state index in [0.29, 0.717) is 12.6 Å². The Bertz CT molecular complexity index is 475. The average molecular weight is 355 g/mol. The van der Waals surface area contributed by atoms with Gasteiger partial charge >= 0.3 is 0 Å². The first-order valence-electron chi connectivity index (χ1n) is 9.13. The molecule has 2 aliphatic heterocycles. The maximum absolute atomic E-state index is 12.4. The molecule has 1 amide bonds. The van der Waals surface area contributed by atoms with E-state index in [2.05, 4.69) is 28.3 Å². The molecule has 0 unspecified atom stereocenters. The normalized spacial score (nSPS) is 25.1. The second-order valence-electron chi connectivity index (χ2n) is 6.91. The summed E-state index contributed by atoms with van der Waals surface area (Å²) in [6.45, 7) is 7.51. The van der Waals surface area contributed by atoms with E-state index in [1.54, 1.807) is 0 Å². The topological polar surface area (TPSA) is 57.2 Å². The molecule has 0 aromatic rings. The van der Waals surface area contributed by atoms with Crippen LogP contribution in [0.5, 0.6) is 0 Å². The smallest absolute Gasteiger partial charge is 0.242 e. The fourth-order valence-corrected chi connectivity index (χ4v) is 4.22. The number of guanidine groups is 1. The molecule has 1 aliphatic carbocycles. The number of nitrogens with one attached hydrogen (secondary N) is 1. The van der Waals surface area contributed by atoms with E-state index < -0.39 is 0 Å². The Morgan fingerprint density at radius 2 is 2.12 bits per heavy atom. The molecule has 1 saturated carbocycles. The minimum atomic E-state index is 0.179. The maximum Gasteiger partial charge on any atom is 0.242 e. The number of carbonyl (C=O) groups excluding carboxylic acids is 1. The van der Waals surface area contributed by atoms with E-state index >= 15 is 0 Å². The lowest BCUT2D eigenvalue weighted by molar-refractivity contribution is -0.135. The van der Waals surface area contributed by atoms with E-state index in [-0.39, 0.29) is 10.7 Å². The average Bonchev–Trinajstić information content (AvgIpc) is 3.44. The van der Waals surface area contributed by atoms with Crippen molar-refractivity contribution in [1.82, 2.24) is 15.1 Å². The summed E-state index contributed by atoms with van der Waals surface area (Å²) in [6, 6.07) is 0.515. The number of thioether (sulfide) groups is 1. The Hall–Kier alpha value is -0.950. The van der Waals surface area contributed by atoms with Crippen LogP contribution in [0.15, 0.2) is 4.99 Å². The highest BCUT2D eigenvalue weighted by molar-refractivity contribution is 8.00. The molecule has 2 saturated heterocycles. The number of carbonyl (C=O) groups is 1. The van der Waals surface area contributed by atoms with Crippen LogP contribution in [0, 0.1) is 0 Å². The van der Waals surface area contributed by atoms with Crippen molar-refractivity contribution < 1.29 is 9.53 Å². The second-order valence-corrected chi connectivity index (χ2v) is 8.18. The summed E-state index contributed by atoms with van der Waals surface area (Å²) < 4.78 is 5.69. The summed E-state index contributed by atoms with van der Waals surface area (Å²) in [4.78, 5) is 21.5. The van der Waals surface area contributed by atoms with Gasteiger partial charge in [-0.2, -0.15) is 11.8 Å². The van der Waals surface area contributed by atoms with Crippen molar-refractivity contribution in [1.29, 1.82) is 0 Å². The van der Waals surface area contributed by atoms with E-state index in [9.17, 15) is 4.79 Å². The summed E-state index contributed by atoms with van der Waals surface area (Å²) in [5.74, 6) is 1.14. The fourth-order valence-electron chi connectivity index (χ4n) is 3.45. The largest absolute Gasteiger partial charge is 0.381 e.